The summed E-state index contributed by atoms with van der Waals surface area (Å²) in [6.45, 7) is 0. The van der Waals surface area contributed by atoms with Gasteiger partial charge in [-0.1, -0.05) is 133 Å². The molecule has 3 heteroatoms. The largest absolute Gasteiger partial charge is 0.454 e. The van der Waals surface area contributed by atoms with Crippen molar-refractivity contribution >= 4 is 81.3 Å². The standard InChI is InChI=1S/C46H29NOS/c1-2-11-31(12-3-1)37-27-28-41-38-16-6-8-19-42(38)48-46(41)45(37)47(34-25-26-40-39-17-7-9-20-43(39)49-44(40)29-34)33-23-21-32(22-24-33)36-18-10-14-30-13-4-5-15-35(30)36/h1-29H. The maximum Gasteiger partial charge on any atom is 0.160 e. The molecule has 2 heterocycles. The molecule has 0 saturated carbocycles. The summed E-state index contributed by atoms with van der Waals surface area (Å²) in [6.07, 6.45) is 0. The SMILES string of the molecule is c1ccc(-c2ccc3c(oc4ccccc43)c2N(c2ccc(-c3cccc4ccccc34)cc2)c2ccc3c(c2)sc2ccccc23)cc1. The number of furan rings is 1. The molecule has 8 aromatic carbocycles. The zero-order valence-electron chi connectivity index (χ0n) is 26.5. The Balaban J connectivity index is 1.25. The summed E-state index contributed by atoms with van der Waals surface area (Å²) in [5.41, 5.74) is 9.60. The third kappa shape index (κ3) is 4.55. The molecule has 10 aromatic rings. The number of thiophene rings is 1. The Kier molecular flexibility index (Phi) is 6.39. The smallest absolute Gasteiger partial charge is 0.160 e. The highest BCUT2D eigenvalue weighted by atomic mass is 32.1. The van der Waals surface area contributed by atoms with E-state index >= 15 is 0 Å². The summed E-state index contributed by atoms with van der Waals surface area (Å²) in [5.74, 6) is 0. The van der Waals surface area contributed by atoms with Crippen molar-refractivity contribution in [2.45, 2.75) is 0 Å². The fraction of sp³-hybridized carbons (Fsp3) is 0. The van der Waals surface area contributed by atoms with Gasteiger partial charge < -0.3 is 9.32 Å². The van der Waals surface area contributed by atoms with Gasteiger partial charge in [-0.25, -0.2) is 0 Å². The van der Waals surface area contributed by atoms with Gasteiger partial charge in [0.05, 0.1) is 5.69 Å². The van der Waals surface area contributed by atoms with Crippen molar-refractivity contribution < 1.29 is 4.42 Å². The highest BCUT2D eigenvalue weighted by Crippen LogP contribution is 2.49. The second-order valence-corrected chi connectivity index (χ2v) is 13.6. The molecular weight excluding hydrogens is 615 g/mol. The predicted molar refractivity (Wildman–Crippen MR) is 210 cm³/mol. The van der Waals surface area contributed by atoms with Gasteiger partial charge in [-0.15, -0.1) is 11.3 Å². The van der Waals surface area contributed by atoms with Crippen LogP contribution in [0, 0.1) is 0 Å². The van der Waals surface area contributed by atoms with Gasteiger partial charge in [0.25, 0.3) is 0 Å². The van der Waals surface area contributed by atoms with Gasteiger partial charge in [-0.2, -0.15) is 0 Å². The summed E-state index contributed by atoms with van der Waals surface area (Å²) in [5, 5.41) is 7.29. The lowest BCUT2D eigenvalue weighted by atomic mass is 9.97. The van der Waals surface area contributed by atoms with Gasteiger partial charge in [-0.3, -0.25) is 0 Å². The minimum absolute atomic E-state index is 0.872. The molecule has 0 amide bonds. The second kappa shape index (κ2) is 11.2. The number of anilines is 3. The summed E-state index contributed by atoms with van der Waals surface area (Å²) >= 11 is 1.84. The summed E-state index contributed by atoms with van der Waals surface area (Å²) < 4.78 is 9.36. The van der Waals surface area contributed by atoms with Gasteiger partial charge in [-0.05, 0) is 69.9 Å². The highest BCUT2D eigenvalue weighted by molar-refractivity contribution is 7.25. The van der Waals surface area contributed by atoms with E-state index in [1.807, 2.05) is 17.4 Å². The van der Waals surface area contributed by atoms with Gasteiger partial charge in [0.1, 0.15) is 5.58 Å². The first-order chi connectivity index (χ1) is 24.3. The molecule has 49 heavy (non-hydrogen) atoms. The van der Waals surface area contributed by atoms with E-state index in [4.69, 9.17) is 4.42 Å². The normalized spacial score (nSPS) is 11.7. The van der Waals surface area contributed by atoms with Crippen LogP contribution in [-0.4, -0.2) is 0 Å². The quantitative estimate of drug-likeness (QED) is 0.186. The van der Waals surface area contributed by atoms with Gasteiger partial charge >= 0.3 is 0 Å². The molecule has 0 aliphatic heterocycles. The molecule has 0 atom stereocenters. The van der Waals surface area contributed by atoms with Gasteiger partial charge in [0.2, 0.25) is 0 Å². The maximum atomic E-state index is 6.81. The van der Waals surface area contributed by atoms with E-state index in [1.54, 1.807) is 0 Å². The monoisotopic (exact) mass is 643 g/mol. The first kappa shape index (κ1) is 27.9. The Morgan fingerprint density at radius 2 is 1.06 bits per heavy atom. The molecule has 0 spiro atoms. The molecular formula is C46H29NOS. The van der Waals surface area contributed by atoms with Crippen molar-refractivity contribution in [3.8, 4) is 22.3 Å². The van der Waals surface area contributed by atoms with Crippen molar-refractivity contribution in [1.29, 1.82) is 0 Å². The molecule has 2 nitrogen and oxygen atoms in total. The van der Waals surface area contributed by atoms with Crippen molar-refractivity contribution in [3.05, 3.63) is 176 Å². The third-order valence-corrected chi connectivity index (χ3v) is 10.8. The van der Waals surface area contributed by atoms with Crippen LogP contribution in [0.2, 0.25) is 0 Å². The third-order valence-electron chi connectivity index (χ3n) is 9.68. The first-order valence-corrected chi connectivity index (χ1v) is 17.4. The Bertz CT molecular complexity index is 2820. The van der Waals surface area contributed by atoms with E-state index in [1.165, 1.54) is 42.1 Å². The van der Waals surface area contributed by atoms with Crippen molar-refractivity contribution in [2.75, 3.05) is 4.90 Å². The predicted octanol–water partition coefficient (Wildman–Crippen LogP) is 13.9. The fourth-order valence-corrected chi connectivity index (χ4v) is 8.51. The summed E-state index contributed by atoms with van der Waals surface area (Å²) in [4.78, 5) is 2.39. The first-order valence-electron chi connectivity index (χ1n) is 16.6. The Hall–Kier alpha value is -6.16. The Morgan fingerprint density at radius 1 is 0.408 bits per heavy atom. The van der Waals surface area contributed by atoms with Crippen LogP contribution in [0.4, 0.5) is 17.1 Å². The van der Waals surface area contributed by atoms with Crippen LogP contribution in [0.3, 0.4) is 0 Å². The van der Waals surface area contributed by atoms with Crippen LogP contribution in [-0.2, 0) is 0 Å². The Labute approximate surface area is 287 Å². The molecule has 0 aliphatic carbocycles. The van der Waals surface area contributed by atoms with Crippen LogP contribution in [0.5, 0.6) is 0 Å². The van der Waals surface area contributed by atoms with Gasteiger partial charge in [0, 0.05) is 47.9 Å². The minimum atomic E-state index is 0.872. The van der Waals surface area contributed by atoms with E-state index < -0.39 is 0 Å². The highest BCUT2D eigenvalue weighted by Gasteiger charge is 2.24. The van der Waals surface area contributed by atoms with Crippen molar-refractivity contribution in [2.24, 2.45) is 0 Å². The molecule has 0 radical (unpaired) electrons. The van der Waals surface area contributed by atoms with E-state index in [2.05, 4.69) is 175 Å². The van der Waals surface area contributed by atoms with Crippen molar-refractivity contribution in [1.82, 2.24) is 0 Å². The van der Waals surface area contributed by atoms with E-state index in [-0.39, 0.29) is 0 Å². The average molecular weight is 644 g/mol. The van der Waals surface area contributed by atoms with Crippen LogP contribution in [0.15, 0.2) is 180 Å². The van der Waals surface area contributed by atoms with E-state index in [9.17, 15) is 0 Å². The minimum Gasteiger partial charge on any atom is -0.454 e. The maximum absolute atomic E-state index is 6.81. The molecule has 0 saturated heterocycles. The molecule has 0 bridgehead atoms. The second-order valence-electron chi connectivity index (χ2n) is 12.5. The van der Waals surface area contributed by atoms with Crippen LogP contribution in [0.1, 0.15) is 0 Å². The van der Waals surface area contributed by atoms with Crippen LogP contribution >= 0.6 is 11.3 Å². The fourth-order valence-electron chi connectivity index (χ4n) is 7.38. The van der Waals surface area contributed by atoms with Crippen LogP contribution in [0.25, 0.3) is 75.1 Å². The molecule has 0 N–H and O–H groups in total. The number of nitrogens with zero attached hydrogens (tertiary/aromatic N) is 1. The number of para-hydroxylation sites is 1. The zero-order chi connectivity index (χ0) is 32.3. The zero-order valence-corrected chi connectivity index (χ0v) is 27.3. The number of hydrogen-bond acceptors (Lipinski definition) is 3. The number of hydrogen-bond donors (Lipinski definition) is 0. The Morgan fingerprint density at radius 3 is 1.94 bits per heavy atom. The lowest BCUT2D eigenvalue weighted by molar-refractivity contribution is 0.669. The number of rotatable bonds is 5. The van der Waals surface area contributed by atoms with Crippen molar-refractivity contribution in [3.63, 3.8) is 0 Å². The molecule has 230 valence electrons. The van der Waals surface area contributed by atoms with E-state index in [0.717, 1.165) is 50.1 Å². The molecule has 2 aromatic heterocycles. The van der Waals surface area contributed by atoms with Crippen LogP contribution < -0.4 is 4.90 Å². The summed E-state index contributed by atoms with van der Waals surface area (Å²) in [6, 6.07) is 63.2. The molecule has 0 aliphatic rings. The topological polar surface area (TPSA) is 16.4 Å². The lowest BCUT2D eigenvalue weighted by Gasteiger charge is -2.28. The molecule has 10 rings (SSSR count). The summed E-state index contributed by atoms with van der Waals surface area (Å²) in [7, 11) is 0. The van der Waals surface area contributed by atoms with Gasteiger partial charge in [0.15, 0.2) is 5.58 Å². The average Bonchev–Trinajstić information content (AvgIpc) is 3.74. The number of fused-ring (bicyclic) bond motifs is 7. The molecule has 0 unspecified atom stereocenters. The molecule has 0 fully saturated rings. The van der Waals surface area contributed by atoms with E-state index in [0.29, 0.717) is 0 Å². The number of benzene rings is 8. The lowest BCUT2D eigenvalue weighted by Crippen LogP contribution is -2.11.